The average molecular weight is 303 g/mol. The Morgan fingerprint density at radius 1 is 1.64 bits per heavy atom. The number of carbonyl (C=O) groups is 1. The van der Waals surface area contributed by atoms with Crippen molar-refractivity contribution >= 4 is 39.5 Å². The highest BCUT2D eigenvalue weighted by atomic mass is 127. The first-order valence-corrected chi connectivity index (χ1v) is 4.94. The molecule has 0 aliphatic heterocycles. The molecule has 0 atom stereocenters. The largest absolute Gasteiger partial charge is 0.312 e. The number of nitrogens with one attached hydrogen (secondary N) is 1. The second-order valence-electron chi connectivity index (χ2n) is 2.80. The van der Waals surface area contributed by atoms with Gasteiger partial charge in [0.1, 0.15) is 0 Å². The summed E-state index contributed by atoms with van der Waals surface area (Å²) < 4.78 is 2.09. The lowest BCUT2D eigenvalue weighted by atomic mass is 10.4. The maximum absolute atomic E-state index is 11.4. The van der Waals surface area contributed by atoms with Crippen LogP contribution in [0, 0.1) is 3.57 Å². The van der Waals surface area contributed by atoms with Crippen LogP contribution >= 0.6 is 22.6 Å². The molecule has 2 aromatic heterocycles. The van der Waals surface area contributed by atoms with Crippen molar-refractivity contribution in [1.29, 1.82) is 0 Å². The Kier molecular flexibility index (Phi) is 2.14. The van der Waals surface area contributed by atoms with Gasteiger partial charge in [0.05, 0.1) is 11.7 Å². The van der Waals surface area contributed by atoms with Gasteiger partial charge in [-0.1, -0.05) is 0 Å². The van der Waals surface area contributed by atoms with Crippen LogP contribution in [0.25, 0.3) is 11.0 Å². The zero-order chi connectivity index (χ0) is 10.3. The predicted octanol–water partition coefficient (Wildman–Crippen LogP) is 0.989. The Hall–Kier alpha value is -1.18. The molecule has 0 saturated carbocycles. The molecule has 14 heavy (non-hydrogen) atoms. The molecule has 0 aromatic carbocycles. The molecule has 72 valence electrons. The molecule has 5 nitrogen and oxygen atoms in total. The summed E-state index contributed by atoms with van der Waals surface area (Å²) in [6, 6.07) is 0. The van der Waals surface area contributed by atoms with Gasteiger partial charge < -0.3 is 4.98 Å². The number of halogens is 1. The minimum Gasteiger partial charge on any atom is -0.312 e. The molecule has 0 amide bonds. The normalized spacial score (nSPS) is 10.7. The number of rotatable bonds is 0. The van der Waals surface area contributed by atoms with Crippen molar-refractivity contribution in [1.82, 2.24) is 14.5 Å². The van der Waals surface area contributed by atoms with Crippen molar-refractivity contribution in [3.05, 3.63) is 26.4 Å². The Morgan fingerprint density at radius 3 is 3.00 bits per heavy atom. The molecule has 0 aliphatic carbocycles. The topological polar surface area (TPSA) is 67.8 Å². The highest BCUT2D eigenvalue weighted by molar-refractivity contribution is 14.1. The van der Waals surface area contributed by atoms with Gasteiger partial charge in [-0.25, -0.2) is 4.98 Å². The summed E-state index contributed by atoms with van der Waals surface area (Å²) in [5.41, 5.74) is 0.185. The van der Waals surface area contributed by atoms with Gasteiger partial charge in [0.15, 0.2) is 5.65 Å². The van der Waals surface area contributed by atoms with E-state index < -0.39 is 0 Å². The first-order valence-electron chi connectivity index (χ1n) is 3.86. The molecule has 0 spiro atoms. The fourth-order valence-electron chi connectivity index (χ4n) is 1.27. The third-order valence-electron chi connectivity index (χ3n) is 1.88. The van der Waals surface area contributed by atoms with Crippen molar-refractivity contribution in [2.75, 3.05) is 0 Å². The molecule has 0 unspecified atom stereocenters. The van der Waals surface area contributed by atoms with Crippen LogP contribution in [-0.2, 0) is 0 Å². The number of aromatic amines is 1. The van der Waals surface area contributed by atoms with E-state index in [1.807, 2.05) is 22.6 Å². The number of nitrogens with zero attached hydrogens (tertiary/aromatic N) is 2. The Labute approximate surface area is 92.3 Å². The van der Waals surface area contributed by atoms with Crippen LogP contribution in [0.2, 0.25) is 0 Å². The van der Waals surface area contributed by atoms with Crippen LogP contribution in [-0.4, -0.2) is 20.4 Å². The number of hydrogen-bond acceptors (Lipinski definition) is 3. The van der Waals surface area contributed by atoms with Crippen molar-refractivity contribution in [2.45, 2.75) is 6.92 Å². The quantitative estimate of drug-likeness (QED) is 0.738. The highest BCUT2D eigenvalue weighted by Gasteiger charge is 2.12. The first kappa shape index (κ1) is 9.38. The lowest BCUT2D eigenvalue weighted by molar-refractivity contribution is 0.0941. The zero-order valence-corrected chi connectivity index (χ0v) is 9.40. The summed E-state index contributed by atoms with van der Waals surface area (Å²) in [4.78, 5) is 29.0. The van der Waals surface area contributed by atoms with E-state index in [-0.39, 0.29) is 11.5 Å². The fourth-order valence-corrected chi connectivity index (χ4v) is 2.03. The van der Waals surface area contributed by atoms with E-state index in [2.05, 4.69) is 9.97 Å². The zero-order valence-electron chi connectivity index (χ0n) is 7.24. The van der Waals surface area contributed by atoms with Gasteiger partial charge >= 0.3 is 0 Å². The van der Waals surface area contributed by atoms with Crippen LogP contribution < -0.4 is 5.56 Å². The molecule has 0 radical (unpaired) electrons. The number of fused-ring (bicyclic) bond motifs is 1. The van der Waals surface area contributed by atoms with E-state index in [4.69, 9.17) is 0 Å². The standard InChI is InChI=1S/C8H6IN3O2/c1-4(13)12-2-5(9)6-7(12)10-3-11-8(6)14/h2-3H,1H3,(H,10,11,14). The van der Waals surface area contributed by atoms with Gasteiger partial charge in [-0.3, -0.25) is 14.2 Å². The van der Waals surface area contributed by atoms with Crippen LogP contribution in [0.4, 0.5) is 0 Å². The number of H-pyrrole nitrogens is 1. The molecule has 0 aliphatic rings. The predicted molar refractivity (Wildman–Crippen MR) is 59.4 cm³/mol. The average Bonchev–Trinajstić information content (AvgIpc) is 2.45. The lowest BCUT2D eigenvalue weighted by Crippen LogP contribution is -2.09. The second kappa shape index (κ2) is 3.19. The van der Waals surface area contributed by atoms with Crippen molar-refractivity contribution in [3.8, 4) is 0 Å². The van der Waals surface area contributed by atoms with Crippen molar-refractivity contribution in [3.63, 3.8) is 0 Å². The molecule has 1 N–H and O–H groups in total. The minimum absolute atomic E-state index is 0.156. The van der Waals surface area contributed by atoms with Crippen LogP contribution in [0.1, 0.15) is 11.7 Å². The SMILES string of the molecule is CC(=O)n1cc(I)c2c(=O)[nH]cnc21. The van der Waals surface area contributed by atoms with E-state index in [0.29, 0.717) is 11.0 Å². The van der Waals surface area contributed by atoms with Crippen LogP contribution in [0.3, 0.4) is 0 Å². The number of carbonyl (C=O) groups excluding carboxylic acids is 1. The summed E-state index contributed by atoms with van der Waals surface area (Å²) in [6.07, 6.45) is 2.90. The molecule has 0 saturated heterocycles. The van der Waals surface area contributed by atoms with Gasteiger partial charge in [0, 0.05) is 16.7 Å². The van der Waals surface area contributed by atoms with E-state index in [9.17, 15) is 9.59 Å². The summed E-state index contributed by atoms with van der Waals surface area (Å²) in [6.45, 7) is 1.43. The molecule has 2 heterocycles. The summed E-state index contributed by atoms with van der Waals surface area (Å²) in [5, 5.41) is 0.461. The third kappa shape index (κ3) is 1.26. The van der Waals surface area contributed by atoms with Gasteiger partial charge in [-0.15, -0.1) is 0 Å². The second-order valence-corrected chi connectivity index (χ2v) is 3.96. The van der Waals surface area contributed by atoms with Gasteiger partial charge in [0.2, 0.25) is 5.91 Å². The molecular formula is C8H6IN3O2. The smallest absolute Gasteiger partial charge is 0.261 e. The van der Waals surface area contributed by atoms with E-state index in [1.54, 1.807) is 6.20 Å². The molecule has 0 fully saturated rings. The number of aromatic nitrogens is 3. The summed E-state index contributed by atoms with van der Waals surface area (Å²) in [5.74, 6) is -0.156. The van der Waals surface area contributed by atoms with E-state index in [0.717, 1.165) is 3.57 Å². The van der Waals surface area contributed by atoms with Gasteiger partial charge in [-0.05, 0) is 22.6 Å². The van der Waals surface area contributed by atoms with Crippen LogP contribution in [0.15, 0.2) is 17.3 Å². The first-order chi connectivity index (χ1) is 6.61. The molecule has 6 heteroatoms. The molecule has 2 aromatic rings. The maximum Gasteiger partial charge on any atom is 0.261 e. The summed E-state index contributed by atoms with van der Waals surface area (Å²) >= 11 is 2.00. The lowest BCUT2D eigenvalue weighted by Gasteiger charge is -1.95. The monoisotopic (exact) mass is 303 g/mol. The van der Waals surface area contributed by atoms with E-state index >= 15 is 0 Å². The number of hydrogen-bond donors (Lipinski definition) is 1. The van der Waals surface area contributed by atoms with Gasteiger partial charge in [-0.2, -0.15) is 0 Å². The summed E-state index contributed by atoms with van der Waals surface area (Å²) in [7, 11) is 0. The van der Waals surface area contributed by atoms with Crippen LogP contribution in [0.5, 0.6) is 0 Å². The Morgan fingerprint density at radius 2 is 2.36 bits per heavy atom. The minimum atomic E-state index is -0.223. The van der Waals surface area contributed by atoms with E-state index in [1.165, 1.54) is 17.8 Å². The Balaban J connectivity index is 2.98. The fraction of sp³-hybridized carbons (Fsp3) is 0.125. The highest BCUT2D eigenvalue weighted by Crippen LogP contribution is 2.16. The molecular weight excluding hydrogens is 297 g/mol. The Bertz CT molecular complexity index is 569. The molecule has 2 rings (SSSR count). The van der Waals surface area contributed by atoms with Crippen molar-refractivity contribution < 1.29 is 4.79 Å². The van der Waals surface area contributed by atoms with Crippen molar-refractivity contribution in [2.24, 2.45) is 0 Å². The molecule has 0 bridgehead atoms. The van der Waals surface area contributed by atoms with Gasteiger partial charge in [0.25, 0.3) is 5.56 Å². The third-order valence-corrected chi connectivity index (χ3v) is 2.70. The maximum atomic E-state index is 11.4.